The monoisotopic (exact) mass is 420 g/mol. The van der Waals surface area contributed by atoms with Gasteiger partial charge < -0.3 is 4.74 Å². The summed E-state index contributed by atoms with van der Waals surface area (Å²) >= 11 is 1.22. The number of amides is 1. The number of hydrogen-bond acceptors (Lipinski definition) is 4. The number of halogens is 3. The van der Waals surface area contributed by atoms with E-state index in [0.717, 1.165) is 12.5 Å². The molecule has 2 heterocycles. The van der Waals surface area contributed by atoms with Gasteiger partial charge in [-0.3, -0.25) is 4.79 Å². The molecule has 1 spiro atoms. The van der Waals surface area contributed by atoms with E-state index in [1.165, 1.54) is 54.0 Å². The predicted octanol–water partition coefficient (Wildman–Crippen LogP) is 5.02. The quantitative estimate of drug-likeness (QED) is 0.700. The Morgan fingerprint density at radius 2 is 1.93 bits per heavy atom. The molecule has 0 saturated heterocycles. The molecule has 2 aromatic rings. The molecule has 0 aromatic heterocycles. The molecule has 8 heteroatoms. The van der Waals surface area contributed by atoms with E-state index in [1.807, 2.05) is 6.92 Å². The molecule has 0 radical (unpaired) electrons. The number of carbonyl (C=O) groups is 1. The first kappa shape index (κ1) is 19.8. The average molecular weight is 420 g/mol. The highest BCUT2D eigenvalue weighted by atomic mass is 32.2. The van der Waals surface area contributed by atoms with Crippen LogP contribution in [-0.4, -0.2) is 22.6 Å². The van der Waals surface area contributed by atoms with Crippen molar-refractivity contribution in [1.82, 2.24) is 5.01 Å². The average Bonchev–Trinajstić information content (AvgIpc) is 3.06. The van der Waals surface area contributed by atoms with E-state index < -0.39 is 22.3 Å². The highest BCUT2D eigenvalue weighted by Crippen LogP contribution is 2.57. The van der Waals surface area contributed by atoms with E-state index in [-0.39, 0.29) is 17.4 Å². The van der Waals surface area contributed by atoms with Gasteiger partial charge in [0.05, 0.1) is 6.61 Å². The van der Waals surface area contributed by atoms with Gasteiger partial charge in [0.15, 0.2) is 4.87 Å². The molecule has 0 N–H and O–H groups in total. The van der Waals surface area contributed by atoms with E-state index >= 15 is 0 Å². The molecule has 2 aromatic carbocycles. The lowest BCUT2D eigenvalue weighted by atomic mass is 9.86. The molecule has 0 aliphatic carbocycles. The standard InChI is InChI=1S/C21H19F3N2O2S/c1-3-4-14-11-28-19-6-5-15(22)10-18(19)21(14)26(12(2)27)25-20(29-21)13-7-16(23)9-17(24)8-13/h5-10,14H,3-4,11H2,1-2H3/t14-,21+/m1/s1. The third-order valence-electron chi connectivity index (χ3n) is 5.12. The van der Waals surface area contributed by atoms with Gasteiger partial charge in [-0.05, 0) is 36.8 Å². The van der Waals surface area contributed by atoms with Crippen LogP contribution >= 0.6 is 11.8 Å². The SMILES string of the molecule is CCC[C@@H]1COc2ccc(F)cc2[C@@]12SC(c1cc(F)cc(F)c1)=NN2C(C)=O. The van der Waals surface area contributed by atoms with Crippen LogP contribution in [0, 0.1) is 23.4 Å². The number of fused-ring (bicyclic) bond motifs is 2. The summed E-state index contributed by atoms with van der Waals surface area (Å²) in [6.07, 6.45) is 1.52. The maximum Gasteiger partial charge on any atom is 0.241 e. The van der Waals surface area contributed by atoms with Gasteiger partial charge in [0.2, 0.25) is 5.91 Å². The van der Waals surface area contributed by atoms with Gasteiger partial charge >= 0.3 is 0 Å². The highest BCUT2D eigenvalue weighted by molar-refractivity contribution is 8.15. The van der Waals surface area contributed by atoms with E-state index in [2.05, 4.69) is 5.10 Å². The predicted molar refractivity (Wildman–Crippen MR) is 105 cm³/mol. The summed E-state index contributed by atoms with van der Waals surface area (Å²) in [6, 6.07) is 7.31. The highest BCUT2D eigenvalue weighted by Gasteiger charge is 2.56. The Labute approximate surface area is 170 Å². The van der Waals surface area contributed by atoms with Crippen LogP contribution in [0.2, 0.25) is 0 Å². The largest absolute Gasteiger partial charge is 0.493 e. The number of nitrogens with zero attached hydrogens (tertiary/aromatic N) is 2. The molecule has 0 fully saturated rings. The lowest BCUT2D eigenvalue weighted by molar-refractivity contribution is -0.134. The Bertz CT molecular complexity index is 993. The lowest BCUT2D eigenvalue weighted by Gasteiger charge is -2.45. The molecule has 2 aliphatic rings. The molecule has 4 rings (SSSR count). The summed E-state index contributed by atoms with van der Waals surface area (Å²) in [5.41, 5.74) is 0.730. The number of ether oxygens (including phenoxy) is 1. The van der Waals surface area contributed by atoms with Crippen molar-refractivity contribution in [2.24, 2.45) is 11.0 Å². The smallest absolute Gasteiger partial charge is 0.241 e. The summed E-state index contributed by atoms with van der Waals surface area (Å²) in [7, 11) is 0. The summed E-state index contributed by atoms with van der Waals surface area (Å²) in [4.78, 5) is 11.6. The minimum Gasteiger partial charge on any atom is -0.493 e. The van der Waals surface area contributed by atoms with Crippen molar-refractivity contribution in [2.45, 2.75) is 31.6 Å². The summed E-state index contributed by atoms with van der Waals surface area (Å²) in [5, 5.41) is 6.05. The van der Waals surface area contributed by atoms with Crippen LogP contribution in [0.25, 0.3) is 0 Å². The number of carbonyl (C=O) groups excluding carboxylic acids is 1. The van der Waals surface area contributed by atoms with Crippen molar-refractivity contribution in [3.8, 4) is 5.75 Å². The van der Waals surface area contributed by atoms with Gasteiger partial charge in [-0.15, -0.1) is 0 Å². The van der Waals surface area contributed by atoms with Crippen molar-refractivity contribution in [1.29, 1.82) is 0 Å². The molecular formula is C21H19F3N2O2S. The minimum atomic E-state index is -1.05. The Hall–Kier alpha value is -2.48. The van der Waals surface area contributed by atoms with Crippen LogP contribution in [0.5, 0.6) is 5.75 Å². The summed E-state index contributed by atoms with van der Waals surface area (Å²) in [5.74, 6) is -1.99. The van der Waals surface area contributed by atoms with Crippen LogP contribution in [0.3, 0.4) is 0 Å². The van der Waals surface area contributed by atoms with Crippen LogP contribution < -0.4 is 4.74 Å². The molecule has 0 bridgehead atoms. The third kappa shape index (κ3) is 3.29. The van der Waals surface area contributed by atoms with E-state index in [1.54, 1.807) is 0 Å². The summed E-state index contributed by atoms with van der Waals surface area (Å²) in [6.45, 7) is 3.71. The van der Waals surface area contributed by atoms with Crippen LogP contribution in [0.15, 0.2) is 41.5 Å². The van der Waals surface area contributed by atoms with Crippen molar-refractivity contribution >= 4 is 22.7 Å². The van der Waals surface area contributed by atoms with Gasteiger partial charge in [-0.1, -0.05) is 25.1 Å². The molecule has 152 valence electrons. The first-order valence-electron chi connectivity index (χ1n) is 9.33. The zero-order chi connectivity index (χ0) is 20.8. The zero-order valence-corrected chi connectivity index (χ0v) is 16.7. The van der Waals surface area contributed by atoms with Gasteiger partial charge in [0, 0.05) is 30.0 Å². The fraction of sp³-hybridized carbons (Fsp3) is 0.333. The van der Waals surface area contributed by atoms with Gasteiger partial charge in [0.1, 0.15) is 28.2 Å². The molecule has 1 amide bonds. The summed E-state index contributed by atoms with van der Waals surface area (Å²) < 4.78 is 47.7. The molecule has 2 aliphatic heterocycles. The van der Waals surface area contributed by atoms with Crippen molar-refractivity contribution in [3.05, 3.63) is 65.0 Å². The topological polar surface area (TPSA) is 41.9 Å². The fourth-order valence-corrected chi connectivity index (χ4v) is 5.49. The number of hydrazone groups is 1. The first-order chi connectivity index (χ1) is 13.8. The second kappa shape index (κ2) is 7.40. The molecular weight excluding hydrogens is 401 g/mol. The van der Waals surface area contributed by atoms with Gasteiger partial charge in [-0.2, -0.15) is 5.10 Å². The maximum absolute atomic E-state index is 14.2. The maximum atomic E-state index is 14.2. The normalized spacial score (nSPS) is 23.0. The first-order valence-corrected chi connectivity index (χ1v) is 10.1. The Morgan fingerprint density at radius 3 is 2.59 bits per heavy atom. The molecule has 0 unspecified atom stereocenters. The Morgan fingerprint density at radius 1 is 1.21 bits per heavy atom. The number of thioether (sulfide) groups is 1. The van der Waals surface area contributed by atoms with Crippen LogP contribution in [-0.2, 0) is 9.67 Å². The van der Waals surface area contributed by atoms with Crippen LogP contribution in [0.4, 0.5) is 13.2 Å². The fourth-order valence-electron chi connectivity index (χ4n) is 3.96. The van der Waals surface area contributed by atoms with E-state index in [9.17, 15) is 18.0 Å². The van der Waals surface area contributed by atoms with E-state index in [0.29, 0.717) is 29.4 Å². The number of benzene rings is 2. The second-order valence-corrected chi connectivity index (χ2v) is 8.34. The minimum absolute atomic E-state index is 0.185. The molecule has 0 saturated carbocycles. The van der Waals surface area contributed by atoms with Crippen molar-refractivity contribution < 1.29 is 22.7 Å². The second-order valence-electron chi connectivity index (χ2n) is 7.13. The number of rotatable bonds is 3. The van der Waals surface area contributed by atoms with E-state index in [4.69, 9.17) is 4.74 Å². The van der Waals surface area contributed by atoms with Crippen LogP contribution in [0.1, 0.15) is 37.8 Å². The molecule has 4 nitrogen and oxygen atoms in total. The third-order valence-corrected chi connectivity index (χ3v) is 6.67. The van der Waals surface area contributed by atoms with Gasteiger partial charge in [0.25, 0.3) is 0 Å². The van der Waals surface area contributed by atoms with Crippen molar-refractivity contribution in [2.75, 3.05) is 6.61 Å². The molecule has 29 heavy (non-hydrogen) atoms. The lowest BCUT2D eigenvalue weighted by Crippen LogP contribution is -2.50. The van der Waals surface area contributed by atoms with Crippen molar-refractivity contribution in [3.63, 3.8) is 0 Å². The molecule has 2 atom stereocenters. The Balaban J connectivity index is 1.90. The number of hydrogen-bond donors (Lipinski definition) is 0. The zero-order valence-electron chi connectivity index (χ0n) is 15.9. The van der Waals surface area contributed by atoms with Gasteiger partial charge in [-0.25, -0.2) is 18.2 Å². The Kier molecular flexibility index (Phi) is 5.06.